The molecule has 0 radical (unpaired) electrons. The van der Waals surface area contributed by atoms with Crippen LogP contribution in [0.5, 0.6) is 0 Å². The van der Waals surface area contributed by atoms with Gasteiger partial charge >= 0.3 is 0 Å². The van der Waals surface area contributed by atoms with E-state index in [4.69, 9.17) is 4.42 Å². The number of aromatic nitrogens is 2. The number of aryl methyl sites for hydroxylation is 1. The predicted octanol–water partition coefficient (Wildman–Crippen LogP) is 3.27. The van der Waals surface area contributed by atoms with Crippen molar-refractivity contribution < 1.29 is 4.42 Å². The maximum Gasteiger partial charge on any atom is 0.176 e. The summed E-state index contributed by atoms with van der Waals surface area (Å²) in [5.41, 5.74) is 1.71. The Morgan fingerprint density at radius 3 is 3.00 bits per heavy atom. The van der Waals surface area contributed by atoms with Crippen LogP contribution in [-0.2, 0) is 0 Å². The molecule has 0 fully saturated rings. The SMILES string of the molecule is Cc1cccc(Nc2nccc3ccoc23)n1. The third-order valence-corrected chi connectivity index (χ3v) is 2.50. The molecular formula is C13H11N3O. The molecule has 3 aromatic rings. The number of fused-ring (bicyclic) bond motifs is 1. The monoisotopic (exact) mass is 225 g/mol. The van der Waals surface area contributed by atoms with Gasteiger partial charge in [-0.05, 0) is 31.2 Å². The summed E-state index contributed by atoms with van der Waals surface area (Å²) in [7, 11) is 0. The van der Waals surface area contributed by atoms with Crippen LogP contribution in [0.3, 0.4) is 0 Å². The molecule has 0 aliphatic rings. The fourth-order valence-corrected chi connectivity index (χ4v) is 1.72. The second-order valence-electron chi connectivity index (χ2n) is 3.79. The van der Waals surface area contributed by atoms with Crippen LogP contribution in [0.25, 0.3) is 11.0 Å². The quantitative estimate of drug-likeness (QED) is 0.727. The van der Waals surface area contributed by atoms with E-state index < -0.39 is 0 Å². The maximum absolute atomic E-state index is 5.40. The van der Waals surface area contributed by atoms with Crippen LogP contribution >= 0.6 is 0 Å². The normalized spacial score (nSPS) is 10.6. The predicted molar refractivity (Wildman–Crippen MR) is 66.3 cm³/mol. The first-order valence-electron chi connectivity index (χ1n) is 5.36. The Morgan fingerprint density at radius 1 is 1.18 bits per heavy atom. The number of rotatable bonds is 2. The highest BCUT2D eigenvalue weighted by molar-refractivity contribution is 5.87. The highest BCUT2D eigenvalue weighted by Gasteiger charge is 2.05. The molecule has 3 rings (SSSR count). The van der Waals surface area contributed by atoms with Gasteiger partial charge in [0.15, 0.2) is 11.4 Å². The van der Waals surface area contributed by atoms with Crippen LogP contribution in [0, 0.1) is 6.92 Å². The Balaban J connectivity index is 2.02. The summed E-state index contributed by atoms with van der Waals surface area (Å²) in [5.74, 6) is 1.45. The zero-order valence-electron chi connectivity index (χ0n) is 9.34. The first-order chi connectivity index (χ1) is 8.33. The Hall–Kier alpha value is -2.36. The number of furan rings is 1. The third-order valence-electron chi connectivity index (χ3n) is 2.50. The van der Waals surface area contributed by atoms with E-state index in [0.717, 1.165) is 22.5 Å². The number of pyridine rings is 2. The zero-order valence-corrected chi connectivity index (χ0v) is 9.34. The molecule has 0 aliphatic heterocycles. The van der Waals surface area contributed by atoms with E-state index in [9.17, 15) is 0 Å². The van der Waals surface area contributed by atoms with Crippen molar-refractivity contribution in [2.75, 3.05) is 5.32 Å². The maximum atomic E-state index is 5.40. The Labute approximate surface area is 98.3 Å². The molecule has 4 heteroatoms. The van der Waals surface area contributed by atoms with Gasteiger partial charge in [-0.1, -0.05) is 6.07 Å². The fourth-order valence-electron chi connectivity index (χ4n) is 1.72. The molecule has 0 saturated heterocycles. The summed E-state index contributed by atoms with van der Waals surface area (Å²) in [5, 5.41) is 4.18. The molecular weight excluding hydrogens is 214 g/mol. The van der Waals surface area contributed by atoms with E-state index in [2.05, 4.69) is 15.3 Å². The summed E-state index contributed by atoms with van der Waals surface area (Å²) >= 11 is 0. The molecule has 4 nitrogen and oxygen atoms in total. The van der Waals surface area contributed by atoms with Gasteiger partial charge in [0.25, 0.3) is 0 Å². The van der Waals surface area contributed by atoms with E-state index >= 15 is 0 Å². The second-order valence-corrected chi connectivity index (χ2v) is 3.79. The summed E-state index contributed by atoms with van der Waals surface area (Å²) < 4.78 is 5.40. The van der Waals surface area contributed by atoms with Gasteiger partial charge in [0.05, 0.1) is 6.26 Å². The molecule has 0 saturated carbocycles. The standard InChI is InChI=1S/C13H11N3O/c1-9-3-2-4-11(15-9)16-13-12-10(5-7-14-13)6-8-17-12/h2-8H,1H3,(H,14,15,16). The Kier molecular flexibility index (Phi) is 2.26. The molecule has 0 atom stereocenters. The van der Waals surface area contributed by atoms with Crippen LogP contribution in [0.15, 0.2) is 47.2 Å². The zero-order chi connectivity index (χ0) is 11.7. The lowest BCUT2D eigenvalue weighted by molar-refractivity contribution is 0.615. The van der Waals surface area contributed by atoms with Crippen LogP contribution in [0.2, 0.25) is 0 Å². The van der Waals surface area contributed by atoms with Crippen LogP contribution in [0.4, 0.5) is 11.6 Å². The van der Waals surface area contributed by atoms with Gasteiger partial charge in [-0.2, -0.15) is 0 Å². The highest BCUT2D eigenvalue weighted by atomic mass is 16.3. The van der Waals surface area contributed by atoms with E-state index in [0.29, 0.717) is 5.82 Å². The summed E-state index contributed by atoms with van der Waals surface area (Å²) in [6.07, 6.45) is 3.40. The summed E-state index contributed by atoms with van der Waals surface area (Å²) in [6.45, 7) is 1.95. The lowest BCUT2D eigenvalue weighted by atomic mass is 10.3. The third kappa shape index (κ3) is 1.85. The van der Waals surface area contributed by atoms with Crippen molar-refractivity contribution >= 4 is 22.6 Å². The van der Waals surface area contributed by atoms with Crippen molar-refractivity contribution in [2.24, 2.45) is 0 Å². The first kappa shape index (κ1) is 9.84. The highest BCUT2D eigenvalue weighted by Crippen LogP contribution is 2.24. The minimum absolute atomic E-state index is 0.686. The molecule has 0 spiro atoms. The number of hydrogen-bond donors (Lipinski definition) is 1. The average Bonchev–Trinajstić information content (AvgIpc) is 2.78. The largest absolute Gasteiger partial charge is 0.460 e. The molecule has 0 aromatic carbocycles. The molecule has 0 unspecified atom stereocenters. The van der Waals surface area contributed by atoms with Crippen molar-refractivity contribution in [1.82, 2.24) is 9.97 Å². The van der Waals surface area contributed by atoms with Crippen LogP contribution < -0.4 is 5.32 Å². The van der Waals surface area contributed by atoms with Crippen molar-refractivity contribution in [3.63, 3.8) is 0 Å². The smallest absolute Gasteiger partial charge is 0.176 e. The van der Waals surface area contributed by atoms with Crippen LogP contribution in [-0.4, -0.2) is 9.97 Å². The number of nitrogens with one attached hydrogen (secondary N) is 1. The average molecular weight is 225 g/mol. The van der Waals surface area contributed by atoms with Crippen molar-refractivity contribution in [1.29, 1.82) is 0 Å². The number of anilines is 2. The Bertz CT molecular complexity index is 660. The summed E-state index contributed by atoms with van der Waals surface area (Å²) in [6, 6.07) is 9.62. The van der Waals surface area contributed by atoms with Gasteiger partial charge in [0.2, 0.25) is 0 Å². The topological polar surface area (TPSA) is 51.0 Å². The molecule has 1 N–H and O–H groups in total. The van der Waals surface area contributed by atoms with E-state index in [-0.39, 0.29) is 0 Å². The minimum atomic E-state index is 0.686. The molecule has 3 aromatic heterocycles. The van der Waals surface area contributed by atoms with Gasteiger partial charge in [-0.25, -0.2) is 9.97 Å². The molecule has 0 aliphatic carbocycles. The Morgan fingerprint density at radius 2 is 2.12 bits per heavy atom. The van der Waals surface area contributed by atoms with Crippen molar-refractivity contribution in [3.05, 3.63) is 48.5 Å². The molecule has 0 amide bonds. The number of hydrogen-bond acceptors (Lipinski definition) is 4. The van der Waals surface area contributed by atoms with Crippen LogP contribution in [0.1, 0.15) is 5.69 Å². The molecule has 84 valence electrons. The van der Waals surface area contributed by atoms with Gasteiger partial charge in [-0.15, -0.1) is 0 Å². The van der Waals surface area contributed by atoms with E-state index in [1.54, 1.807) is 12.5 Å². The molecule has 17 heavy (non-hydrogen) atoms. The van der Waals surface area contributed by atoms with Gasteiger partial charge in [0.1, 0.15) is 5.82 Å². The van der Waals surface area contributed by atoms with Gasteiger partial charge in [-0.3, -0.25) is 0 Å². The van der Waals surface area contributed by atoms with E-state index in [1.807, 2.05) is 37.3 Å². The van der Waals surface area contributed by atoms with Gasteiger partial charge < -0.3 is 9.73 Å². The lowest BCUT2D eigenvalue weighted by Gasteiger charge is -2.05. The lowest BCUT2D eigenvalue weighted by Crippen LogP contribution is -1.96. The number of nitrogens with zero attached hydrogens (tertiary/aromatic N) is 2. The molecule has 0 bridgehead atoms. The van der Waals surface area contributed by atoms with Crippen molar-refractivity contribution in [3.8, 4) is 0 Å². The second kappa shape index (κ2) is 3.90. The fraction of sp³-hybridized carbons (Fsp3) is 0.0769. The van der Waals surface area contributed by atoms with Gasteiger partial charge in [0, 0.05) is 17.3 Å². The molecule has 3 heterocycles. The van der Waals surface area contributed by atoms with E-state index in [1.165, 1.54) is 0 Å². The first-order valence-corrected chi connectivity index (χ1v) is 5.36. The minimum Gasteiger partial charge on any atom is -0.460 e. The summed E-state index contributed by atoms with van der Waals surface area (Å²) in [4.78, 5) is 8.63. The van der Waals surface area contributed by atoms with Crippen molar-refractivity contribution in [2.45, 2.75) is 6.92 Å².